The van der Waals surface area contributed by atoms with E-state index < -0.39 is 0 Å². The lowest BCUT2D eigenvalue weighted by atomic mass is 9.81. The first-order valence-electron chi connectivity index (χ1n) is 7.99. The fourth-order valence-electron chi connectivity index (χ4n) is 2.70. The predicted molar refractivity (Wildman–Crippen MR) is 95.2 cm³/mol. The van der Waals surface area contributed by atoms with Crippen LogP contribution in [0.5, 0.6) is 11.5 Å². The number of phenols is 1. The molecule has 24 heavy (non-hydrogen) atoms. The van der Waals surface area contributed by atoms with Gasteiger partial charge in [-0.05, 0) is 28.7 Å². The van der Waals surface area contributed by atoms with Crippen molar-refractivity contribution in [1.29, 1.82) is 0 Å². The Labute approximate surface area is 143 Å². The van der Waals surface area contributed by atoms with Gasteiger partial charge in [-0.15, -0.1) is 0 Å². The topological polar surface area (TPSA) is 49.8 Å². The van der Waals surface area contributed by atoms with Crippen molar-refractivity contribution in [3.05, 3.63) is 59.7 Å². The molecule has 4 nitrogen and oxygen atoms in total. The van der Waals surface area contributed by atoms with E-state index in [-0.39, 0.29) is 17.1 Å². The van der Waals surface area contributed by atoms with Crippen molar-refractivity contribution in [2.45, 2.75) is 32.2 Å². The molecule has 0 aliphatic carbocycles. The quantitative estimate of drug-likeness (QED) is 0.879. The minimum Gasteiger partial charge on any atom is -0.504 e. The Morgan fingerprint density at radius 3 is 2.42 bits per heavy atom. The second-order valence-corrected chi connectivity index (χ2v) is 6.68. The molecular formula is C20H25NO3. The van der Waals surface area contributed by atoms with Crippen molar-refractivity contribution >= 4 is 5.91 Å². The number of carbonyl (C=O) groups is 1. The van der Waals surface area contributed by atoms with Gasteiger partial charge < -0.3 is 14.7 Å². The van der Waals surface area contributed by atoms with Gasteiger partial charge in [0, 0.05) is 20.0 Å². The highest BCUT2D eigenvalue weighted by Gasteiger charge is 2.25. The third-order valence-electron chi connectivity index (χ3n) is 4.24. The Kier molecular flexibility index (Phi) is 5.50. The zero-order valence-electron chi connectivity index (χ0n) is 14.7. The first kappa shape index (κ1) is 17.9. The molecule has 2 aromatic carbocycles. The van der Waals surface area contributed by atoms with E-state index in [0.717, 1.165) is 11.1 Å². The molecule has 0 unspecified atom stereocenters. The highest BCUT2D eigenvalue weighted by Crippen LogP contribution is 2.29. The summed E-state index contributed by atoms with van der Waals surface area (Å²) in [5.74, 6) is 0.581. The smallest absolute Gasteiger partial charge is 0.223 e. The van der Waals surface area contributed by atoms with Gasteiger partial charge in [0.2, 0.25) is 5.91 Å². The van der Waals surface area contributed by atoms with Gasteiger partial charge in [0.05, 0.1) is 7.11 Å². The number of nitrogens with zero attached hydrogens (tertiary/aromatic N) is 1. The molecule has 2 aromatic rings. The molecule has 0 fully saturated rings. The summed E-state index contributed by atoms with van der Waals surface area (Å²) in [4.78, 5) is 14.3. The van der Waals surface area contributed by atoms with Gasteiger partial charge in [-0.1, -0.05) is 50.2 Å². The minimum atomic E-state index is -0.228. The molecule has 128 valence electrons. The van der Waals surface area contributed by atoms with E-state index in [1.54, 1.807) is 24.1 Å². The number of amides is 1. The van der Waals surface area contributed by atoms with Crippen molar-refractivity contribution < 1.29 is 14.6 Å². The number of phenolic OH excluding ortho intramolecular Hbond substituents is 1. The number of benzene rings is 2. The molecule has 4 heteroatoms. The third-order valence-corrected chi connectivity index (χ3v) is 4.24. The normalized spacial score (nSPS) is 11.2. The lowest BCUT2D eigenvalue weighted by Crippen LogP contribution is -2.32. The van der Waals surface area contributed by atoms with E-state index in [2.05, 4.69) is 26.0 Å². The molecule has 0 spiro atoms. The van der Waals surface area contributed by atoms with E-state index in [9.17, 15) is 9.90 Å². The summed E-state index contributed by atoms with van der Waals surface area (Å²) in [6.07, 6.45) is 0.426. The number of carbonyl (C=O) groups excluding carboxylic acids is 1. The predicted octanol–water partition coefficient (Wildman–Crippen LogP) is 3.73. The number of ether oxygens (including phenoxy) is 1. The molecule has 0 saturated carbocycles. The maximum absolute atomic E-state index is 12.6. The van der Waals surface area contributed by atoms with Crippen LogP contribution in [0.2, 0.25) is 0 Å². The first-order chi connectivity index (χ1) is 11.3. The van der Waals surface area contributed by atoms with Gasteiger partial charge in [0.25, 0.3) is 0 Å². The molecule has 0 atom stereocenters. The SMILES string of the molecule is COc1ccc(CN(C)C(=O)CC(C)(C)c2ccccc2)cc1O. The van der Waals surface area contributed by atoms with Crippen molar-refractivity contribution in [1.82, 2.24) is 4.90 Å². The average Bonchev–Trinajstić information content (AvgIpc) is 2.55. The van der Waals surface area contributed by atoms with Gasteiger partial charge in [0.15, 0.2) is 11.5 Å². The van der Waals surface area contributed by atoms with Crippen LogP contribution < -0.4 is 4.74 Å². The van der Waals surface area contributed by atoms with Crippen LogP contribution >= 0.6 is 0 Å². The molecule has 1 N–H and O–H groups in total. The van der Waals surface area contributed by atoms with E-state index in [1.165, 1.54) is 7.11 Å². The van der Waals surface area contributed by atoms with Crippen LogP contribution in [0.25, 0.3) is 0 Å². The molecule has 0 bridgehead atoms. The largest absolute Gasteiger partial charge is 0.504 e. The molecule has 0 aromatic heterocycles. The summed E-state index contributed by atoms with van der Waals surface area (Å²) in [5, 5.41) is 9.85. The maximum Gasteiger partial charge on any atom is 0.223 e. The first-order valence-corrected chi connectivity index (χ1v) is 7.99. The zero-order valence-corrected chi connectivity index (χ0v) is 14.7. The second-order valence-electron chi connectivity index (χ2n) is 6.68. The Morgan fingerprint density at radius 2 is 1.83 bits per heavy atom. The molecule has 0 radical (unpaired) electrons. The maximum atomic E-state index is 12.6. The molecule has 0 heterocycles. The van der Waals surface area contributed by atoms with E-state index in [4.69, 9.17) is 4.74 Å². The highest BCUT2D eigenvalue weighted by molar-refractivity contribution is 5.77. The number of rotatable bonds is 6. The third kappa shape index (κ3) is 4.28. The van der Waals surface area contributed by atoms with Crippen LogP contribution in [-0.2, 0) is 16.8 Å². The van der Waals surface area contributed by atoms with Crippen molar-refractivity contribution in [3.8, 4) is 11.5 Å². The zero-order chi connectivity index (χ0) is 17.7. The summed E-state index contributed by atoms with van der Waals surface area (Å²) in [7, 11) is 3.29. The van der Waals surface area contributed by atoms with Gasteiger partial charge in [0.1, 0.15) is 0 Å². The fraction of sp³-hybridized carbons (Fsp3) is 0.350. The highest BCUT2D eigenvalue weighted by atomic mass is 16.5. The number of hydrogen-bond acceptors (Lipinski definition) is 3. The number of hydrogen-bond donors (Lipinski definition) is 1. The lowest BCUT2D eigenvalue weighted by Gasteiger charge is -2.27. The fourth-order valence-corrected chi connectivity index (χ4v) is 2.70. The van der Waals surface area contributed by atoms with Gasteiger partial charge in [-0.3, -0.25) is 4.79 Å². The number of aromatic hydroxyl groups is 1. The molecule has 1 amide bonds. The van der Waals surface area contributed by atoms with Crippen molar-refractivity contribution in [2.75, 3.05) is 14.2 Å². The van der Waals surface area contributed by atoms with Gasteiger partial charge in [-0.2, -0.15) is 0 Å². The monoisotopic (exact) mass is 327 g/mol. The van der Waals surface area contributed by atoms with Crippen LogP contribution in [0.4, 0.5) is 0 Å². The van der Waals surface area contributed by atoms with Crippen molar-refractivity contribution in [2.24, 2.45) is 0 Å². The number of methoxy groups -OCH3 is 1. The van der Waals surface area contributed by atoms with Gasteiger partial charge >= 0.3 is 0 Å². The van der Waals surface area contributed by atoms with Crippen LogP contribution in [0, 0.1) is 0 Å². The summed E-state index contributed by atoms with van der Waals surface area (Å²) >= 11 is 0. The minimum absolute atomic E-state index is 0.0687. The van der Waals surface area contributed by atoms with Gasteiger partial charge in [-0.25, -0.2) is 0 Å². The van der Waals surface area contributed by atoms with E-state index in [0.29, 0.717) is 18.7 Å². The Hall–Kier alpha value is -2.49. The summed E-state index contributed by atoms with van der Waals surface area (Å²) in [6, 6.07) is 15.2. The van der Waals surface area contributed by atoms with Crippen LogP contribution in [0.3, 0.4) is 0 Å². The molecule has 2 rings (SSSR count). The van der Waals surface area contributed by atoms with Crippen LogP contribution in [0.15, 0.2) is 48.5 Å². The molecular weight excluding hydrogens is 302 g/mol. The summed E-state index contributed by atoms with van der Waals surface area (Å²) in [6.45, 7) is 4.60. The summed E-state index contributed by atoms with van der Waals surface area (Å²) < 4.78 is 5.04. The molecule has 0 aliphatic rings. The Balaban J connectivity index is 2.03. The van der Waals surface area contributed by atoms with E-state index >= 15 is 0 Å². The van der Waals surface area contributed by atoms with E-state index in [1.807, 2.05) is 24.3 Å². The Morgan fingerprint density at radius 1 is 1.17 bits per heavy atom. The lowest BCUT2D eigenvalue weighted by molar-refractivity contribution is -0.131. The average molecular weight is 327 g/mol. The Bertz CT molecular complexity index is 695. The van der Waals surface area contributed by atoms with Crippen LogP contribution in [0.1, 0.15) is 31.4 Å². The molecule has 0 saturated heterocycles. The van der Waals surface area contributed by atoms with Crippen LogP contribution in [-0.4, -0.2) is 30.1 Å². The second kappa shape index (κ2) is 7.39. The standard InChI is InChI=1S/C20H25NO3/c1-20(2,16-8-6-5-7-9-16)13-19(23)21(3)14-15-10-11-18(24-4)17(22)12-15/h5-12,22H,13-14H2,1-4H3. The van der Waals surface area contributed by atoms with Crippen molar-refractivity contribution in [3.63, 3.8) is 0 Å². The molecule has 0 aliphatic heterocycles. The summed E-state index contributed by atoms with van der Waals surface area (Å²) in [5.41, 5.74) is 1.78.